The predicted octanol–water partition coefficient (Wildman–Crippen LogP) is 5.21. The maximum absolute atomic E-state index is 4.58. The molecule has 5 rings (SSSR count). The van der Waals surface area contributed by atoms with Crippen LogP contribution in [-0.4, -0.2) is 24.3 Å². The Hall–Kier alpha value is -2.61. The summed E-state index contributed by atoms with van der Waals surface area (Å²) in [7, 11) is 0. The van der Waals surface area contributed by atoms with Crippen LogP contribution in [0, 0.1) is 6.92 Å². The molecule has 0 atom stereocenters. The summed E-state index contributed by atoms with van der Waals surface area (Å²) < 4.78 is 4.92. The Bertz CT molecular complexity index is 1210. The predicted molar refractivity (Wildman–Crippen MR) is 106 cm³/mol. The maximum atomic E-state index is 4.58. The zero-order valence-electron chi connectivity index (χ0n) is 13.8. The van der Waals surface area contributed by atoms with Gasteiger partial charge in [0.25, 0.3) is 0 Å². The monoisotopic (exact) mass is 388 g/mol. The van der Waals surface area contributed by atoms with Gasteiger partial charge in [0.1, 0.15) is 0 Å². The van der Waals surface area contributed by atoms with Crippen LogP contribution in [0.5, 0.6) is 0 Å². The molecule has 120 valence electrons. The molecule has 25 heavy (non-hydrogen) atoms. The number of nitrogens with zero attached hydrogens (tertiary/aromatic N) is 2. The number of aromatic nitrogens is 2. The number of hydrogen-bond acceptors (Lipinski definition) is 1. The van der Waals surface area contributed by atoms with E-state index >= 15 is 0 Å². The van der Waals surface area contributed by atoms with Gasteiger partial charge in [-0.1, -0.05) is 0 Å². The van der Waals surface area contributed by atoms with Gasteiger partial charge in [-0.3, -0.25) is 0 Å². The van der Waals surface area contributed by atoms with E-state index in [4.69, 9.17) is 0 Å². The number of aryl methyl sites for hydroxylation is 1. The van der Waals surface area contributed by atoms with Crippen molar-refractivity contribution in [1.29, 1.82) is 0 Å². The van der Waals surface area contributed by atoms with Crippen LogP contribution in [0.2, 0.25) is 0 Å². The SMILES string of the molecule is Cc1ccccc1-n1cc(-c2ccc3c(c2)[se]c2ccccc23)cn1. The summed E-state index contributed by atoms with van der Waals surface area (Å²) in [4.78, 5) is 0. The molecular weight excluding hydrogens is 371 g/mol. The van der Waals surface area contributed by atoms with Crippen LogP contribution in [0.3, 0.4) is 0 Å². The molecule has 0 unspecified atom stereocenters. The van der Waals surface area contributed by atoms with Crippen molar-refractivity contribution in [2.24, 2.45) is 0 Å². The fourth-order valence-corrected chi connectivity index (χ4v) is 5.73. The molecule has 0 radical (unpaired) electrons. The molecule has 0 spiro atoms. The number of fused-ring (bicyclic) bond motifs is 3. The van der Waals surface area contributed by atoms with E-state index in [0.29, 0.717) is 14.5 Å². The van der Waals surface area contributed by atoms with Crippen LogP contribution in [0.4, 0.5) is 0 Å². The number of rotatable bonds is 2. The third-order valence-electron chi connectivity index (χ3n) is 4.66. The molecule has 0 amide bonds. The molecule has 0 aliphatic heterocycles. The second-order valence-electron chi connectivity index (χ2n) is 6.27. The summed E-state index contributed by atoms with van der Waals surface area (Å²) in [6, 6.07) is 23.9. The number of hydrogen-bond donors (Lipinski definition) is 0. The molecule has 2 aromatic heterocycles. The topological polar surface area (TPSA) is 17.8 Å². The van der Waals surface area contributed by atoms with Crippen LogP contribution in [0.1, 0.15) is 5.56 Å². The van der Waals surface area contributed by atoms with Crippen molar-refractivity contribution in [2.75, 3.05) is 0 Å². The zero-order valence-corrected chi connectivity index (χ0v) is 15.5. The van der Waals surface area contributed by atoms with E-state index in [2.05, 4.69) is 84.9 Å². The van der Waals surface area contributed by atoms with Crippen molar-refractivity contribution < 1.29 is 0 Å². The van der Waals surface area contributed by atoms with Gasteiger partial charge < -0.3 is 0 Å². The summed E-state index contributed by atoms with van der Waals surface area (Å²) in [6.45, 7) is 2.12. The average molecular weight is 387 g/mol. The Morgan fingerprint density at radius 1 is 0.800 bits per heavy atom. The third kappa shape index (κ3) is 2.44. The van der Waals surface area contributed by atoms with Crippen molar-refractivity contribution in [3.63, 3.8) is 0 Å². The van der Waals surface area contributed by atoms with Crippen molar-refractivity contribution >= 4 is 33.8 Å². The molecule has 2 nitrogen and oxygen atoms in total. The first-order valence-electron chi connectivity index (χ1n) is 8.32. The first kappa shape index (κ1) is 14.7. The zero-order chi connectivity index (χ0) is 16.8. The third-order valence-corrected chi connectivity index (χ3v) is 7.04. The van der Waals surface area contributed by atoms with Gasteiger partial charge in [-0.2, -0.15) is 0 Å². The van der Waals surface area contributed by atoms with Gasteiger partial charge in [-0.15, -0.1) is 0 Å². The van der Waals surface area contributed by atoms with Gasteiger partial charge in [0.05, 0.1) is 0 Å². The summed E-state index contributed by atoms with van der Waals surface area (Å²) in [6.07, 6.45) is 4.09. The average Bonchev–Trinajstić information content (AvgIpc) is 3.26. The number of para-hydroxylation sites is 1. The Morgan fingerprint density at radius 2 is 1.60 bits per heavy atom. The van der Waals surface area contributed by atoms with Crippen LogP contribution >= 0.6 is 0 Å². The normalized spacial score (nSPS) is 11.4. The molecule has 0 saturated carbocycles. The summed E-state index contributed by atoms with van der Waals surface area (Å²) in [5, 5.41) is 7.38. The van der Waals surface area contributed by atoms with Crippen LogP contribution in [0.25, 0.3) is 36.1 Å². The first-order valence-corrected chi connectivity index (χ1v) is 10.0. The van der Waals surface area contributed by atoms with E-state index < -0.39 is 0 Å². The second-order valence-corrected chi connectivity index (χ2v) is 8.54. The van der Waals surface area contributed by atoms with Crippen LogP contribution < -0.4 is 0 Å². The van der Waals surface area contributed by atoms with Gasteiger partial charge in [0.2, 0.25) is 0 Å². The van der Waals surface area contributed by atoms with E-state index in [-0.39, 0.29) is 0 Å². The molecular formula is C22H16N2Se. The van der Waals surface area contributed by atoms with Crippen molar-refractivity contribution in [2.45, 2.75) is 6.92 Å². The molecule has 0 fully saturated rings. The minimum absolute atomic E-state index is 0.397. The van der Waals surface area contributed by atoms with Crippen LogP contribution in [-0.2, 0) is 0 Å². The van der Waals surface area contributed by atoms with Gasteiger partial charge in [-0.05, 0) is 0 Å². The van der Waals surface area contributed by atoms with E-state index in [1.807, 2.05) is 10.9 Å². The molecule has 5 aromatic rings. The van der Waals surface area contributed by atoms with E-state index in [1.54, 1.807) is 0 Å². The summed E-state index contributed by atoms with van der Waals surface area (Å²) >= 11 is 0.397. The Morgan fingerprint density at radius 3 is 2.52 bits per heavy atom. The van der Waals surface area contributed by atoms with Crippen molar-refractivity contribution in [3.05, 3.63) is 84.7 Å². The Kier molecular flexibility index (Phi) is 3.37. The first-order chi connectivity index (χ1) is 12.3. The fraction of sp³-hybridized carbons (Fsp3) is 0.0455. The molecule has 0 bridgehead atoms. The van der Waals surface area contributed by atoms with Crippen LogP contribution in [0.15, 0.2) is 79.1 Å². The molecule has 3 aromatic carbocycles. The quantitative estimate of drug-likeness (QED) is 0.380. The molecule has 3 heteroatoms. The fourth-order valence-electron chi connectivity index (χ4n) is 3.33. The summed E-state index contributed by atoms with van der Waals surface area (Å²) in [5.74, 6) is 0. The van der Waals surface area contributed by atoms with E-state index in [0.717, 1.165) is 11.3 Å². The van der Waals surface area contributed by atoms with E-state index in [1.165, 1.54) is 30.4 Å². The molecule has 0 saturated heterocycles. The van der Waals surface area contributed by atoms with Gasteiger partial charge >= 0.3 is 152 Å². The minimum atomic E-state index is 0.397. The molecule has 2 heterocycles. The molecule has 0 aliphatic rings. The van der Waals surface area contributed by atoms with Gasteiger partial charge in [0.15, 0.2) is 0 Å². The van der Waals surface area contributed by atoms with Crippen molar-refractivity contribution in [3.8, 4) is 16.8 Å². The molecule has 0 aliphatic carbocycles. The Balaban J connectivity index is 1.62. The van der Waals surface area contributed by atoms with Gasteiger partial charge in [0, 0.05) is 0 Å². The van der Waals surface area contributed by atoms with Crippen molar-refractivity contribution in [1.82, 2.24) is 9.78 Å². The standard InChI is InChI=1S/C22H16N2Se/c1-15-6-2-4-8-20(15)24-14-17(13-23-24)16-10-11-19-18-7-3-5-9-21(18)25-22(19)12-16/h2-14H,1H3. The van der Waals surface area contributed by atoms with Gasteiger partial charge in [-0.25, -0.2) is 0 Å². The van der Waals surface area contributed by atoms with E-state index in [9.17, 15) is 0 Å². The number of benzene rings is 3. The Labute approximate surface area is 152 Å². The molecule has 0 N–H and O–H groups in total. The second kappa shape index (κ2) is 5.73. The summed E-state index contributed by atoms with van der Waals surface area (Å²) in [5.41, 5.74) is 4.77.